The van der Waals surface area contributed by atoms with Gasteiger partial charge in [-0.05, 0) is 31.2 Å². The van der Waals surface area contributed by atoms with Gasteiger partial charge in [0.1, 0.15) is 5.82 Å². The minimum atomic E-state index is -0.225. The van der Waals surface area contributed by atoms with Crippen LogP contribution in [0.3, 0.4) is 0 Å². The summed E-state index contributed by atoms with van der Waals surface area (Å²) in [5, 5.41) is 0. The van der Waals surface area contributed by atoms with Crippen molar-refractivity contribution in [2.45, 2.75) is 19.9 Å². The van der Waals surface area contributed by atoms with E-state index in [1.807, 2.05) is 11.8 Å². The fourth-order valence-corrected chi connectivity index (χ4v) is 3.68. The van der Waals surface area contributed by atoms with E-state index >= 15 is 0 Å². The molecule has 0 aromatic heterocycles. The summed E-state index contributed by atoms with van der Waals surface area (Å²) in [7, 11) is 0. The van der Waals surface area contributed by atoms with E-state index < -0.39 is 0 Å². The molecule has 1 aromatic rings. The number of benzene rings is 1. The first kappa shape index (κ1) is 18.6. The van der Waals surface area contributed by atoms with Gasteiger partial charge in [0.2, 0.25) is 11.8 Å². The summed E-state index contributed by atoms with van der Waals surface area (Å²) in [5.41, 5.74) is 1.02. The van der Waals surface area contributed by atoms with E-state index in [0.717, 1.165) is 31.9 Å². The number of hydrogen-bond acceptors (Lipinski definition) is 4. The summed E-state index contributed by atoms with van der Waals surface area (Å²) in [6.07, 6.45) is 0. The van der Waals surface area contributed by atoms with Crippen LogP contribution in [0.25, 0.3) is 0 Å². The van der Waals surface area contributed by atoms with Crippen LogP contribution >= 0.6 is 0 Å². The summed E-state index contributed by atoms with van der Waals surface area (Å²) >= 11 is 0. The standard InChI is InChI=1S/C19H27FN4O2/c1-15(19(26)24-13-9-22(10-14-24)16(2)25)21-7-11-23(12-8-21)18-5-3-17(20)4-6-18/h3-6,15H,7-14H2,1-2H3. The molecular formula is C19H27FN4O2. The zero-order valence-corrected chi connectivity index (χ0v) is 15.5. The Kier molecular flexibility index (Phi) is 5.76. The van der Waals surface area contributed by atoms with Gasteiger partial charge in [0, 0.05) is 65.0 Å². The van der Waals surface area contributed by atoms with Crippen LogP contribution in [-0.2, 0) is 9.59 Å². The molecule has 26 heavy (non-hydrogen) atoms. The van der Waals surface area contributed by atoms with Crippen molar-refractivity contribution in [1.29, 1.82) is 0 Å². The van der Waals surface area contributed by atoms with Crippen molar-refractivity contribution in [1.82, 2.24) is 14.7 Å². The fraction of sp³-hybridized carbons (Fsp3) is 0.579. The summed E-state index contributed by atoms with van der Waals surface area (Å²) in [6, 6.07) is 6.40. The number of amides is 2. The maximum Gasteiger partial charge on any atom is 0.239 e. The van der Waals surface area contributed by atoms with Gasteiger partial charge in [-0.1, -0.05) is 0 Å². The fourth-order valence-electron chi connectivity index (χ4n) is 3.68. The lowest BCUT2D eigenvalue weighted by Gasteiger charge is -2.41. The van der Waals surface area contributed by atoms with Crippen molar-refractivity contribution in [2.24, 2.45) is 0 Å². The van der Waals surface area contributed by atoms with Gasteiger partial charge in [-0.3, -0.25) is 14.5 Å². The van der Waals surface area contributed by atoms with E-state index in [0.29, 0.717) is 26.2 Å². The Hall–Kier alpha value is -2.15. The topological polar surface area (TPSA) is 47.1 Å². The highest BCUT2D eigenvalue weighted by molar-refractivity contribution is 5.82. The molecular weight excluding hydrogens is 335 g/mol. The molecule has 2 aliphatic rings. The molecule has 0 N–H and O–H groups in total. The number of nitrogens with zero attached hydrogens (tertiary/aromatic N) is 4. The van der Waals surface area contributed by atoms with Crippen LogP contribution in [0.5, 0.6) is 0 Å². The second kappa shape index (κ2) is 8.03. The second-order valence-electron chi connectivity index (χ2n) is 7.01. The molecule has 1 atom stereocenters. The van der Waals surface area contributed by atoms with Crippen LogP contribution in [0.1, 0.15) is 13.8 Å². The minimum absolute atomic E-state index is 0.0714. The van der Waals surface area contributed by atoms with Crippen LogP contribution in [0.4, 0.5) is 10.1 Å². The van der Waals surface area contributed by atoms with Crippen LogP contribution in [0.15, 0.2) is 24.3 Å². The van der Waals surface area contributed by atoms with E-state index in [1.54, 1.807) is 24.0 Å². The van der Waals surface area contributed by atoms with E-state index in [1.165, 1.54) is 12.1 Å². The van der Waals surface area contributed by atoms with Crippen molar-refractivity contribution in [3.63, 3.8) is 0 Å². The molecule has 0 saturated carbocycles. The Morgan fingerprint density at radius 2 is 1.42 bits per heavy atom. The third-order valence-electron chi connectivity index (χ3n) is 5.45. The zero-order valence-electron chi connectivity index (χ0n) is 15.5. The number of carbonyl (C=O) groups excluding carboxylic acids is 2. The normalized spacial score (nSPS) is 20.2. The van der Waals surface area contributed by atoms with E-state index in [2.05, 4.69) is 9.80 Å². The highest BCUT2D eigenvalue weighted by atomic mass is 19.1. The SMILES string of the molecule is CC(=O)N1CCN(C(=O)C(C)N2CCN(c3ccc(F)cc3)CC2)CC1. The van der Waals surface area contributed by atoms with Crippen molar-refractivity contribution in [2.75, 3.05) is 57.3 Å². The van der Waals surface area contributed by atoms with Crippen LogP contribution in [0.2, 0.25) is 0 Å². The zero-order chi connectivity index (χ0) is 18.7. The predicted molar refractivity (Wildman–Crippen MR) is 98.5 cm³/mol. The molecule has 2 saturated heterocycles. The van der Waals surface area contributed by atoms with Gasteiger partial charge < -0.3 is 14.7 Å². The lowest BCUT2D eigenvalue weighted by Crippen LogP contribution is -2.57. The third-order valence-corrected chi connectivity index (χ3v) is 5.45. The van der Waals surface area contributed by atoms with E-state index in [9.17, 15) is 14.0 Å². The predicted octanol–water partition coefficient (Wildman–Crippen LogP) is 1.03. The lowest BCUT2D eigenvalue weighted by molar-refractivity contribution is -0.142. The highest BCUT2D eigenvalue weighted by Crippen LogP contribution is 2.18. The highest BCUT2D eigenvalue weighted by Gasteiger charge is 2.30. The molecule has 1 aromatic carbocycles. The largest absolute Gasteiger partial charge is 0.369 e. The monoisotopic (exact) mass is 362 g/mol. The summed E-state index contributed by atoms with van der Waals surface area (Å²) < 4.78 is 13.1. The summed E-state index contributed by atoms with van der Waals surface area (Å²) in [4.78, 5) is 32.3. The number of halogens is 1. The molecule has 0 aliphatic carbocycles. The number of rotatable bonds is 3. The maximum atomic E-state index is 13.1. The molecule has 2 fully saturated rings. The van der Waals surface area contributed by atoms with Gasteiger partial charge >= 0.3 is 0 Å². The van der Waals surface area contributed by atoms with Gasteiger partial charge in [0.25, 0.3) is 0 Å². The molecule has 142 valence electrons. The first-order valence-electron chi connectivity index (χ1n) is 9.24. The quantitative estimate of drug-likeness (QED) is 0.806. The Bertz CT molecular complexity index is 635. The molecule has 7 heteroatoms. The second-order valence-corrected chi connectivity index (χ2v) is 7.01. The molecule has 3 rings (SSSR count). The molecule has 0 spiro atoms. The average molecular weight is 362 g/mol. The third kappa shape index (κ3) is 4.15. The molecule has 2 amide bonds. The first-order chi connectivity index (χ1) is 12.5. The van der Waals surface area contributed by atoms with E-state index in [4.69, 9.17) is 0 Å². The van der Waals surface area contributed by atoms with Crippen LogP contribution in [0, 0.1) is 5.82 Å². The molecule has 0 bridgehead atoms. The average Bonchev–Trinajstić information content (AvgIpc) is 2.67. The van der Waals surface area contributed by atoms with Crippen LogP contribution in [-0.4, -0.2) is 84.9 Å². The van der Waals surface area contributed by atoms with Crippen molar-refractivity contribution < 1.29 is 14.0 Å². The van der Waals surface area contributed by atoms with E-state index in [-0.39, 0.29) is 23.7 Å². The number of piperazine rings is 2. The summed E-state index contributed by atoms with van der Waals surface area (Å²) in [5.74, 6) is -0.0121. The van der Waals surface area contributed by atoms with Crippen molar-refractivity contribution in [3.8, 4) is 0 Å². The van der Waals surface area contributed by atoms with Gasteiger partial charge in [0.05, 0.1) is 6.04 Å². The van der Waals surface area contributed by atoms with Crippen molar-refractivity contribution >= 4 is 17.5 Å². The molecule has 2 aliphatic heterocycles. The molecule has 0 radical (unpaired) electrons. The van der Waals surface area contributed by atoms with Gasteiger partial charge in [-0.25, -0.2) is 4.39 Å². The molecule has 2 heterocycles. The van der Waals surface area contributed by atoms with Gasteiger partial charge in [-0.2, -0.15) is 0 Å². The maximum absolute atomic E-state index is 13.1. The minimum Gasteiger partial charge on any atom is -0.369 e. The van der Waals surface area contributed by atoms with Gasteiger partial charge in [-0.15, -0.1) is 0 Å². The van der Waals surface area contributed by atoms with Gasteiger partial charge in [0.15, 0.2) is 0 Å². The van der Waals surface area contributed by atoms with Crippen molar-refractivity contribution in [3.05, 3.63) is 30.1 Å². The smallest absolute Gasteiger partial charge is 0.239 e. The Labute approximate surface area is 154 Å². The number of hydrogen-bond donors (Lipinski definition) is 0. The molecule has 6 nitrogen and oxygen atoms in total. The number of carbonyl (C=O) groups is 2. The summed E-state index contributed by atoms with van der Waals surface area (Å²) in [6.45, 7) is 9.24. The molecule has 1 unspecified atom stereocenters. The van der Waals surface area contributed by atoms with Crippen LogP contribution < -0.4 is 4.90 Å². The first-order valence-corrected chi connectivity index (χ1v) is 9.24. The lowest BCUT2D eigenvalue weighted by atomic mass is 10.1. The Morgan fingerprint density at radius 1 is 0.885 bits per heavy atom. The Morgan fingerprint density at radius 3 is 1.96 bits per heavy atom. The number of anilines is 1. The Balaban J connectivity index is 1.50.